The third kappa shape index (κ3) is 8.94. The van der Waals surface area contributed by atoms with Gasteiger partial charge in [0.05, 0.1) is 0 Å². The molecule has 156 valence electrons. The zero-order valence-electron chi connectivity index (χ0n) is 16.4. The molecule has 0 fully saturated rings. The van der Waals surface area contributed by atoms with Gasteiger partial charge in [0.15, 0.2) is 0 Å². The molecular weight excluding hydrogens is 382 g/mol. The van der Waals surface area contributed by atoms with E-state index in [2.05, 4.69) is 26.6 Å². The van der Waals surface area contributed by atoms with Gasteiger partial charge in [0.25, 0.3) is 0 Å². The van der Waals surface area contributed by atoms with Crippen molar-refractivity contribution in [3.63, 3.8) is 0 Å². The Morgan fingerprint density at radius 2 is 2.07 bits per heavy atom. The second-order valence-electron chi connectivity index (χ2n) is 6.21. The van der Waals surface area contributed by atoms with E-state index in [1.165, 1.54) is 13.1 Å². The summed E-state index contributed by atoms with van der Waals surface area (Å²) in [4.78, 5) is 48.4. The van der Waals surface area contributed by atoms with Crippen molar-refractivity contribution >= 4 is 35.5 Å². The number of thioether (sulfide) groups is 1. The minimum Gasteiger partial charge on any atom is -0.352 e. The molecular formula is C18H29N5O4S. The first-order valence-corrected chi connectivity index (χ1v) is 10.5. The molecule has 0 saturated carbocycles. The highest BCUT2D eigenvalue weighted by atomic mass is 32.2. The second-order valence-corrected chi connectivity index (χ2v) is 7.19. The Bertz CT molecular complexity index is 623. The number of amides is 5. The van der Waals surface area contributed by atoms with E-state index in [0.29, 0.717) is 25.1 Å². The maximum absolute atomic E-state index is 12.7. The normalized spacial score (nSPS) is 21.4. The van der Waals surface area contributed by atoms with Gasteiger partial charge in [0.2, 0.25) is 17.7 Å². The van der Waals surface area contributed by atoms with Crippen LogP contribution >= 0.6 is 11.8 Å². The van der Waals surface area contributed by atoms with Crippen LogP contribution < -0.4 is 26.6 Å². The standard InChI is InChI=1S/C18H29N5O4S/c1-12-7-8-15(24)20-10-5-4-6-13(16(25)21-12)22-17(26)14(9-11-28-3)23-18(27)19-2/h4,6-8,12-14H,5,9-11H2,1-3H3,(H,20,24)(H,21,25)(H,22,26)(H2,19,23,27). The third-order valence-electron chi connectivity index (χ3n) is 3.88. The van der Waals surface area contributed by atoms with Gasteiger partial charge >= 0.3 is 6.03 Å². The molecule has 0 aliphatic carbocycles. The summed E-state index contributed by atoms with van der Waals surface area (Å²) < 4.78 is 0. The Balaban J connectivity index is 2.87. The van der Waals surface area contributed by atoms with E-state index >= 15 is 0 Å². The van der Waals surface area contributed by atoms with Gasteiger partial charge in [0.1, 0.15) is 12.1 Å². The number of carbonyl (C=O) groups excluding carboxylic acids is 4. The second kappa shape index (κ2) is 12.8. The minimum absolute atomic E-state index is 0.225. The summed E-state index contributed by atoms with van der Waals surface area (Å²) >= 11 is 1.56. The summed E-state index contributed by atoms with van der Waals surface area (Å²) in [6, 6.07) is -2.50. The number of rotatable bonds is 6. The Kier molecular flexibility index (Phi) is 10.8. The van der Waals surface area contributed by atoms with E-state index in [1.807, 2.05) is 6.26 Å². The molecule has 3 unspecified atom stereocenters. The number of carbonyl (C=O) groups is 4. The lowest BCUT2D eigenvalue weighted by Crippen LogP contribution is -2.55. The van der Waals surface area contributed by atoms with E-state index in [1.54, 1.807) is 36.9 Å². The molecule has 0 aromatic heterocycles. The Hall–Kier alpha value is -2.49. The number of nitrogens with one attached hydrogen (secondary N) is 5. The van der Waals surface area contributed by atoms with Crippen LogP contribution in [0.2, 0.25) is 0 Å². The van der Waals surface area contributed by atoms with Crippen LogP contribution in [0.15, 0.2) is 24.3 Å². The van der Waals surface area contributed by atoms with Crippen molar-refractivity contribution in [3.05, 3.63) is 24.3 Å². The molecule has 5 N–H and O–H groups in total. The highest BCUT2D eigenvalue weighted by Crippen LogP contribution is 2.03. The van der Waals surface area contributed by atoms with E-state index in [-0.39, 0.29) is 11.9 Å². The third-order valence-corrected chi connectivity index (χ3v) is 4.53. The molecule has 3 atom stereocenters. The fourth-order valence-corrected chi connectivity index (χ4v) is 2.83. The Morgan fingerprint density at radius 1 is 1.32 bits per heavy atom. The lowest BCUT2D eigenvalue weighted by atomic mass is 10.1. The van der Waals surface area contributed by atoms with Gasteiger partial charge < -0.3 is 26.6 Å². The summed E-state index contributed by atoms with van der Waals surface area (Å²) in [5.41, 5.74) is 0. The summed E-state index contributed by atoms with van der Waals surface area (Å²) in [5.74, 6) is -0.384. The first-order chi connectivity index (χ1) is 13.4. The molecule has 9 nitrogen and oxygen atoms in total. The summed E-state index contributed by atoms with van der Waals surface area (Å²) in [7, 11) is 1.47. The molecule has 1 aliphatic heterocycles. The van der Waals surface area contributed by atoms with Crippen LogP contribution in [-0.4, -0.2) is 67.5 Å². The Morgan fingerprint density at radius 3 is 2.75 bits per heavy atom. The van der Waals surface area contributed by atoms with Crippen LogP contribution in [0.25, 0.3) is 0 Å². The van der Waals surface area contributed by atoms with Gasteiger partial charge in [-0.25, -0.2) is 4.79 Å². The smallest absolute Gasteiger partial charge is 0.315 e. The lowest BCUT2D eigenvalue weighted by molar-refractivity contribution is -0.129. The zero-order chi connectivity index (χ0) is 20.9. The largest absolute Gasteiger partial charge is 0.352 e. The van der Waals surface area contributed by atoms with Gasteiger partial charge in [-0.05, 0) is 31.8 Å². The van der Waals surface area contributed by atoms with Crippen LogP contribution in [0.1, 0.15) is 19.8 Å². The molecule has 0 aromatic rings. The van der Waals surface area contributed by atoms with Crippen molar-refractivity contribution in [2.45, 2.75) is 37.9 Å². The Labute approximate surface area is 169 Å². The van der Waals surface area contributed by atoms with Crippen molar-refractivity contribution in [2.75, 3.05) is 25.6 Å². The summed E-state index contributed by atoms with van der Waals surface area (Å²) in [6.45, 7) is 2.15. The number of urea groups is 1. The van der Waals surface area contributed by atoms with Gasteiger partial charge in [0, 0.05) is 25.7 Å². The predicted octanol–water partition coefficient (Wildman–Crippen LogP) is -0.341. The molecule has 1 aliphatic rings. The molecule has 0 saturated heterocycles. The maximum Gasteiger partial charge on any atom is 0.315 e. The molecule has 1 heterocycles. The topological polar surface area (TPSA) is 128 Å². The molecule has 10 heteroatoms. The average Bonchev–Trinajstić information content (AvgIpc) is 2.66. The number of hydrogen-bond acceptors (Lipinski definition) is 5. The molecule has 0 bridgehead atoms. The van der Waals surface area contributed by atoms with Crippen LogP contribution in [-0.2, 0) is 14.4 Å². The van der Waals surface area contributed by atoms with E-state index in [9.17, 15) is 19.2 Å². The fourth-order valence-electron chi connectivity index (χ4n) is 2.35. The van der Waals surface area contributed by atoms with Gasteiger partial charge in [-0.2, -0.15) is 11.8 Å². The van der Waals surface area contributed by atoms with Crippen LogP contribution in [0, 0.1) is 0 Å². The molecule has 5 amide bonds. The molecule has 0 spiro atoms. The highest BCUT2D eigenvalue weighted by Gasteiger charge is 2.25. The lowest BCUT2D eigenvalue weighted by Gasteiger charge is -2.22. The SMILES string of the molecule is CNC(=O)NC(CCSC)C(=O)NC1C=CCCNC(=O)C=CC(C)NC1=O. The van der Waals surface area contributed by atoms with Crippen molar-refractivity contribution in [1.82, 2.24) is 26.6 Å². The highest BCUT2D eigenvalue weighted by molar-refractivity contribution is 7.98. The zero-order valence-corrected chi connectivity index (χ0v) is 17.2. The van der Waals surface area contributed by atoms with Crippen LogP contribution in [0.5, 0.6) is 0 Å². The van der Waals surface area contributed by atoms with Crippen molar-refractivity contribution < 1.29 is 19.2 Å². The van der Waals surface area contributed by atoms with Crippen molar-refractivity contribution in [2.24, 2.45) is 0 Å². The van der Waals surface area contributed by atoms with E-state index in [4.69, 9.17) is 0 Å². The molecule has 1 rings (SSSR count). The fraction of sp³-hybridized carbons (Fsp3) is 0.556. The summed E-state index contributed by atoms with van der Waals surface area (Å²) in [5, 5.41) is 13.2. The van der Waals surface area contributed by atoms with Gasteiger partial charge in [-0.1, -0.05) is 18.2 Å². The predicted molar refractivity (Wildman–Crippen MR) is 110 cm³/mol. The molecule has 0 radical (unpaired) electrons. The van der Waals surface area contributed by atoms with E-state index in [0.717, 1.165) is 0 Å². The van der Waals surface area contributed by atoms with Crippen molar-refractivity contribution in [1.29, 1.82) is 0 Å². The quantitative estimate of drug-likeness (QED) is 0.382. The monoisotopic (exact) mass is 411 g/mol. The summed E-state index contributed by atoms with van der Waals surface area (Å²) in [6.07, 6.45) is 9.12. The minimum atomic E-state index is -0.887. The van der Waals surface area contributed by atoms with Crippen LogP contribution in [0.3, 0.4) is 0 Å². The van der Waals surface area contributed by atoms with Crippen molar-refractivity contribution in [3.8, 4) is 0 Å². The number of hydrogen-bond donors (Lipinski definition) is 5. The molecule has 0 aromatic carbocycles. The molecule has 28 heavy (non-hydrogen) atoms. The first-order valence-electron chi connectivity index (χ1n) is 9.08. The van der Waals surface area contributed by atoms with Gasteiger partial charge in [-0.3, -0.25) is 14.4 Å². The van der Waals surface area contributed by atoms with Crippen LogP contribution in [0.4, 0.5) is 4.79 Å². The maximum atomic E-state index is 12.7. The van der Waals surface area contributed by atoms with E-state index < -0.39 is 29.9 Å². The van der Waals surface area contributed by atoms with Gasteiger partial charge in [-0.15, -0.1) is 0 Å². The average molecular weight is 412 g/mol. The first kappa shape index (κ1) is 23.5.